The van der Waals surface area contributed by atoms with Crippen molar-refractivity contribution in [3.05, 3.63) is 30.1 Å². The van der Waals surface area contributed by atoms with Gasteiger partial charge in [0, 0.05) is 24.2 Å². The highest BCUT2D eigenvalue weighted by Gasteiger charge is 2.47. The number of pyridine rings is 1. The zero-order valence-corrected chi connectivity index (χ0v) is 12.0. The predicted molar refractivity (Wildman–Crippen MR) is 76.2 cm³/mol. The molecule has 0 saturated carbocycles. The fourth-order valence-corrected chi connectivity index (χ4v) is 6.78. The van der Waals surface area contributed by atoms with Crippen molar-refractivity contribution in [2.75, 3.05) is 11.5 Å². The Morgan fingerprint density at radius 1 is 1.50 bits per heavy atom. The van der Waals surface area contributed by atoms with Gasteiger partial charge in [0.2, 0.25) is 0 Å². The molecule has 0 unspecified atom stereocenters. The first-order chi connectivity index (χ1) is 8.55. The van der Waals surface area contributed by atoms with Crippen molar-refractivity contribution < 1.29 is 8.42 Å². The zero-order valence-electron chi connectivity index (χ0n) is 9.52. The summed E-state index contributed by atoms with van der Waals surface area (Å²) in [6.07, 6.45) is 3.52. The van der Waals surface area contributed by atoms with Gasteiger partial charge in [0.15, 0.2) is 9.84 Å². The van der Waals surface area contributed by atoms with Crippen LogP contribution in [0.15, 0.2) is 24.5 Å². The van der Waals surface area contributed by atoms with E-state index < -0.39 is 9.84 Å². The van der Waals surface area contributed by atoms with Crippen LogP contribution in [0.3, 0.4) is 0 Å². The quantitative estimate of drug-likeness (QED) is 0.762. The van der Waals surface area contributed by atoms with Gasteiger partial charge in [-0.3, -0.25) is 4.98 Å². The van der Waals surface area contributed by atoms with Crippen LogP contribution in [0.4, 0.5) is 0 Å². The molecule has 2 fully saturated rings. The van der Waals surface area contributed by atoms with E-state index in [4.69, 9.17) is 12.2 Å². The molecular formula is C11H12N2O2S3. The van der Waals surface area contributed by atoms with Crippen LogP contribution in [0.1, 0.15) is 5.56 Å². The number of rotatable bonds is 2. The number of thiocarbonyl (C=S) groups is 1. The molecule has 2 atom stereocenters. The summed E-state index contributed by atoms with van der Waals surface area (Å²) < 4.78 is 24.1. The lowest BCUT2D eigenvalue weighted by atomic mass is 10.2. The van der Waals surface area contributed by atoms with E-state index in [9.17, 15) is 8.42 Å². The summed E-state index contributed by atoms with van der Waals surface area (Å²) in [5.74, 6) is 0.483. The van der Waals surface area contributed by atoms with Crippen molar-refractivity contribution in [3.63, 3.8) is 0 Å². The van der Waals surface area contributed by atoms with E-state index in [1.807, 2.05) is 17.0 Å². The molecular weight excluding hydrogens is 288 g/mol. The summed E-state index contributed by atoms with van der Waals surface area (Å²) in [6.45, 7) is 0.649. The summed E-state index contributed by atoms with van der Waals surface area (Å²) in [6, 6.07) is 3.90. The van der Waals surface area contributed by atoms with Gasteiger partial charge in [-0.15, -0.1) is 0 Å². The van der Waals surface area contributed by atoms with Gasteiger partial charge >= 0.3 is 0 Å². The minimum absolute atomic E-state index is 0.0349. The Balaban J connectivity index is 1.82. The van der Waals surface area contributed by atoms with Crippen LogP contribution in [0, 0.1) is 0 Å². The molecule has 0 aromatic carbocycles. The van der Waals surface area contributed by atoms with Crippen LogP contribution in [-0.2, 0) is 16.4 Å². The Bertz CT molecular complexity index is 573. The number of hydrogen-bond donors (Lipinski definition) is 0. The first-order valence-corrected chi connectivity index (χ1v) is 8.73. The summed E-state index contributed by atoms with van der Waals surface area (Å²) in [4.78, 5) is 6.10. The molecule has 3 heterocycles. The summed E-state index contributed by atoms with van der Waals surface area (Å²) >= 11 is 6.87. The maximum atomic E-state index is 11.7. The van der Waals surface area contributed by atoms with E-state index in [1.165, 1.54) is 11.8 Å². The normalized spacial score (nSPS) is 29.6. The highest BCUT2D eigenvalue weighted by atomic mass is 32.2. The minimum Gasteiger partial charge on any atom is -0.348 e. The van der Waals surface area contributed by atoms with Gasteiger partial charge in [-0.25, -0.2) is 8.42 Å². The molecule has 2 saturated heterocycles. The van der Waals surface area contributed by atoms with Gasteiger partial charge in [-0.05, 0) is 11.6 Å². The van der Waals surface area contributed by atoms with Gasteiger partial charge in [0.25, 0.3) is 0 Å². The predicted octanol–water partition coefficient (Wildman–Crippen LogP) is 1.08. The molecule has 0 radical (unpaired) electrons. The second-order valence-corrected chi connectivity index (χ2v) is 8.58. The number of aromatic nitrogens is 1. The van der Waals surface area contributed by atoms with Crippen molar-refractivity contribution in [1.29, 1.82) is 0 Å². The van der Waals surface area contributed by atoms with E-state index in [0.717, 1.165) is 9.88 Å². The average molecular weight is 300 g/mol. The summed E-state index contributed by atoms with van der Waals surface area (Å²) in [5, 5.41) is 0.110. The van der Waals surface area contributed by atoms with Crippen LogP contribution >= 0.6 is 24.0 Å². The lowest BCUT2D eigenvalue weighted by Gasteiger charge is -2.23. The van der Waals surface area contributed by atoms with Crippen LogP contribution < -0.4 is 0 Å². The smallest absolute Gasteiger partial charge is 0.153 e. The molecule has 4 nitrogen and oxygen atoms in total. The van der Waals surface area contributed by atoms with E-state index in [0.29, 0.717) is 6.54 Å². The fourth-order valence-electron chi connectivity index (χ4n) is 2.40. The highest BCUT2D eigenvalue weighted by Crippen LogP contribution is 2.38. The molecule has 2 aliphatic rings. The van der Waals surface area contributed by atoms with Crippen molar-refractivity contribution in [3.8, 4) is 0 Å². The van der Waals surface area contributed by atoms with Gasteiger partial charge in [-0.2, -0.15) is 0 Å². The Kier molecular flexibility index (Phi) is 3.07. The highest BCUT2D eigenvalue weighted by molar-refractivity contribution is 8.24. The number of sulfone groups is 1. The topological polar surface area (TPSA) is 50.3 Å². The van der Waals surface area contributed by atoms with E-state index in [-0.39, 0.29) is 22.8 Å². The number of nitrogens with zero attached hydrogens (tertiary/aromatic N) is 2. The van der Waals surface area contributed by atoms with Crippen LogP contribution in [0.5, 0.6) is 0 Å². The molecule has 0 N–H and O–H groups in total. The van der Waals surface area contributed by atoms with Gasteiger partial charge in [0.05, 0.1) is 17.5 Å². The Labute approximate surface area is 116 Å². The Hall–Kier alpha value is -0.660. The van der Waals surface area contributed by atoms with Crippen LogP contribution in [-0.4, -0.2) is 45.4 Å². The Morgan fingerprint density at radius 2 is 2.33 bits per heavy atom. The minimum atomic E-state index is -2.89. The molecule has 7 heteroatoms. The number of thioether (sulfide) groups is 1. The first kappa shape index (κ1) is 12.4. The molecule has 0 bridgehead atoms. The third kappa shape index (κ3) is 2.26. The molecule has 96 valence electrons. The SMILES string of the molecule is O=S1(=O)C[C@@H]2SC(=S)N(Cc3cccnc3)[C@@H]2C1. The summed E-state index contributed by atoms with van der Waals surface area (Å²) in [5.41, 5.74) is 1.06. The second-order valence-electron chi connectivity index (χ2n) is 4.56. The maximum absolute atomic E-state index is 11.7. The largest absolute Gasteiger partial charge is 0.348 e. The van der Waals surface area contributed by atoms with Gasteiger partial charge in [-0.1, -0.05) is 30.0 Å². The van der Waals surface area contributed by atoms with E-state index in [1.54, 1.807) is 12.4 Å². The lowest BCUT2D eigenvalue weighted by Crippen LogP contribution is -2.36. The van der Waals surface area contributed by atoms with Crippen LogP contribution in [0.25, 0.3) is 0 Å². The third-order valence-corrected chi connectivity index (χ3v) is 6.91. The van der Waals surface area contributed by atoms with Gasteiger partial charge in [0.1, 0.15) is 4.32 Å². The van der Waals surface area contributed by atoms with E-state index >= 15 is 0 Å². The maximum Gasteiger partial charge on any atom is 0.153 e. The molecule has 0 aliphatic carbocycles. The van der Waals surface area contributed by atoms with Crippen molar-refractivity contribution in [1.82, 2.24) is 9.88 Å². The molecule has 18 heavy (non-hydrogen) atoms. The number of fused-ring (bicyclic) bond motifs is 1. The first-order valence-electron chi connectivity index (χ1n) is 5.62. The van der Waals surface area contributed by atoms with Crippen LogP contribution in [0.2, 0.25) is 0 Å². The van der Waals surface area contributed by atoms with Gasteiger partial charge < -0.3 is 4.90 Å². The lowest BCUT2D eigenvalue weighted by molar-refractivity contribution is 0.355. The molecule has 1 aromatic heterocycles. The van der Waals surface area contributed by atoms with Crippen molar-refractivity contribution >= 4 is 38.1 Å². The molecule has 1 aromatic rings. The molecule has 2 aliphatic heterocycles. The molecule has 0 spiro atoms. The third-order valence-electron chi connectivity index (χ3n) is 3.23. The molecule has 0 amide bonds. The monoisotopic (exact) mass is 300 g/mol. The fraction of sp³-hybridized carbons (Fsp3) is 0.455. The average Bonchev–Trinajstić information content (AvgIpc) is 2.74. The van der Waals surface area contributed by atoms with E-state index in [2.05, 4.69) is 4.98 Å². The second kappa shape index (κ2) is 4.47. The van der Waals surface area contributed by atoms with Crippen molar-refractivity contribution in [2.24, 2.45) is 0 Å². The molecule has 3 rings (SSSR count). The number of hydrogen-bond acceptors (Lipinski definition) is 5. The zero-order chi connectivity index (χ0) is 12.8. The standard InChI is InChI=1S/C11H12N2O2S3/c14-18(15)6-9-10(7-18)17-11(16)13(9)5-8-2-1-3-12-4-8/h1-4,9-10H,5-7H2/t9-,10+/m1/s1. The van der Waals surface area contributed by atoms with Crippen molar-refractivity contribution in [2.45, 2.75) is 17.8 Å². The Morgan fingerprint density at radius 3 is 3.06 bits per heavy atom. The summed E-state index contributed by atoms with van der Waals surface area (Å²) in [7, 11) is -2.89.